The Hall–Kier alpha value is 1.92. The second-order valence-electron chi connectivity index (χ2n) is 0. The summed E-state index contributed by atoms with van der Waals surface area (Å²) in [6, 6.07) is 0. The third kappa shape index (κ3) is 9.07. The predicted octanol–water partition coefficient (Wildman–Crippen LogP) is -0.984. The molecule has 0 radical (unpaired) electrons. The van der Waals surface area contributed by atoms with Gasteiger partial charge in [-0.05, 0) is 0 Å². The van der Waals surface area contributed by atoms with Gasteiger partial charge in [0, 0.05) is 0 Å². The molecule has 0 aromatic rings. The number of halogens is 1. The molecule has 0 amide bonds. The molecule has 0 aliphatic carbocycles. The Labute approximate surface area is 75.9 Å². The Bertz CT molecular complexity index is 16.0. The predicted molar refractivity (Wildman–Crippen MR) is 22.1 cm³/mol. The van der Waals surface area contributed by atoms with Crippen molar-refractivity contribution in [3.8, 4) is 0 Å². The molecule has 0 aliphatic rings. The van der Waals surface area contributed by atoms with E-state index in [9.17, 15) is 0 Å². The van der Waals surface area contributed by atoms with E-state index in [1.54, 1.807) is 0 Å². The second-order valence-corrected chi connectivity index (χ2v) is 0. The normalized spacial score (nSPS) is 0. The molecule has 0 saturated carbocycles. The minimum atomic E-state index is 0. The van der Waals surface area contributed by atoms with Crippen molar-refractivity contribution in [2.75, 3.05) is 0 Å². The summed E-state index contributed by atoms with van der Waals surface area (Å²) in [5, 5.41) is 0. The number of rotatable bonds is 0. The molecule has 0 rings (SSSR count). The Morgan fingerprint density at radius 1 is 1.25 bits per heavy atom. The van der Waals surface area contributed by atoms with E-state index in [0.29, 0.717) is 0 Å². The largest absolute Gasteiger partial charge is 2.00 e. The average Bonchev–Trinajstić information content (AvgIpc) is 0. The summed E-state index contributed by atoms with van der Waals surface area (Å²) in [7, 11) is 0. The summed E-state index contributed by atoms with van der Waals surface area (Å²) in [5.41, 5.74) is 0. The van der Waals surface area contributed by atoms with Crippen LogP contribution in [0.4, 0.5) is 4.70 Å². The van der Waals surface area contributed by atoms with Gasteiger partial charge in [-0.3, -0.25) is 4.70 Å². The van der Waals surface area contributed by atoms with Crippen molar-refractivity contribution in [3.63, 3.8) is 0 Å². The van der Waals surface area contributed by atoms with E-state index in [0.717, 1.165) is 0 Å². The van der Waals surface area contributed by atoms with Crippen molar-refractivity contribution >= 4 is 60.8 Å². The number of hydrogen-bond donors (Lipinski definition) is 0. The first kappa shape index (κ1) is 38.9. The van der Waals surface area contributed by atoms with Gasteiger partial charge >= 0.3 is 60.8 Å². The van der Waals surface area contributed by atoms with Crippen molar-refractivity contribution < 1.29 is 15.9 Å². The van der Waals surface area contributed by atoms with E-state index in [1.807, 2.05) is 0 Å². The van der Waals surface area contributed by atoms with E-state index in [1.165, 1.54) is 0 Å². The van der Waals surface area contributed by atoms with E-state index < -0.39 is 0 Å². The van der Waals surface area contributed by atoms with Crippen molar-refractivity contribution in [3.05, 3.63) is 0 Å². The fourth-order valence-electron chi connectivity index (χ4n) is 0. The van der Waals surface area contributed by atoms with Crippen LogP contribution in [0.1, 0.15) is 5.71 Å². The van der Waals surface area contributed by atoms with Gasteiger partial charge in [-0.25, -0.2) is 0 Å². The van der Waals surface area contributed by atoms with Crippen LogP contribution >= 0.6 is 0 Å². The maximum absolute atomic E-state index is 0. The molecule has 0 fully saturated rings. The van der Waals surface area contributed by atoms with Crippen molar-refractivity contribution in [1.82, 2.24) is 0 Å². The minimum absolute atomic E-state index is 0. The third-order valence-corrected chi connectivity index (χ3v) is 0. The van der Waals surface area contributed by atoms with E-state index in [-0.39, 0.29) is 76.7 Å². The van der Waals surface area contributed by atoms with E-state index in [4.69, 9.17) is 0 Å². The van der Waals surface area contributed by atoms with Crippen LogP contribution in [0.3, 0.4) is 0 Å². The molecule has 0 aromatic heterocycles. The number of hydrogen-bond acceptors (Lipinski definition) is 0. The van der Waals surface area contributed by atoms with Crippen LogP contribution in [0, 0.1) is 0 Å². The first-order chi connectivity index (χ1) is 0. The molecular formula is H7CaFMgO. The molecule has 4 heteroatoms. The molecule has 0 bridgehead atoms. The van der Waals surface area contributed by atoms with Crippen LogP contribution in [-0.4, -0.2) is 66.3 Å². The fraction of sp³-hybridized carbons (Fsp3) is 0. The summed E-state index contributed by atoms with van der Waals surface area (Å²) < 4.78 is 0. The summed E-state index contributed by atoms with van der Waals surface area (Å²) in [5.74, 6) is 0. The standard InChI is InChI=1S/Ca.FH.Mg.H2O.4H/h;1H;;1H2;;;;/q+2;;+2;;4*-1. The van der Waals surface area contributed by atoms with Crippen LogP contribution in [0.25, 0.3) is 0 Å². The molecule has 1 nitrogen and oxygen atoms in total. The Balaban J connectivity index is 0. The van der Waals surface area contributed by atoms with E-state index >= 15 is 0 Å². The zero-order valence-electron chi connectivity index (χ0n) is 6.32. The van der Waals surface area contributed by atoms with E-state index in [2.05, 4.69) is 0 Å². The van der Waals surface area contributed by atoms with Gasteiger partial charge in [0.1, 0.15) is 0 Å². The molecule has 0 aromatic carbocycles. The maximum atomic E-state index is 0. The first-order valence-electron chi connectivity index (χ1n) is 0. The Morgan fingerprint density at radius 3 is 1.25 bits per heavy atom. The monoisotopic (exact) mass is 106 g/mol. The van der Waals surface area contributed by atoms with Gasteiger partial charge in [-0.2, -0.15) is 0 Å². The molecule has 0 aliphatic heterocycles. The van der Waals surface area contributed by atoms with Crippen LogP contribution in [-0.2, 0) is 0 Å². The molecule has 0 unspecified atom stereocenters. The second kappa shape index (κ2) is 20.5. The SMILES string of the molecule is F.O.[Ca+2].[H-].[H-].[H-].[H-].[Mg+2]. The Morgan fingerprint density at radius 2 is 1.25 bits per heavy atom. The molecule has 4 heavy (non-hydrogen) atoms. The summed E-state index contributed by atoms with van der Waals surface area (Å²) >= 11 is 0. The first-order valence-corrected chi connectivity index (χ1v) is 0. The van der Waals surface area contributed by atoms with Crippen LogP contribution in [0.2, 0.25) is 0 Å². The van der Waals surface area contributed by atoms with Crippen molar-refractivity contribution in [2.24, 2.45) is 0 Å². The molecule has 2 N–H and O–H groups in total. The quantitative estimate of drug-likeness (QED) is 0.356. The van der Waals surface area contributed by atoms with Crippen molar-refractivity contribution in [2.45, 2.75) is 0 Å². The minimum Gasteiger partial charge on any atom is -1.00 e. The summed E-state index contributed by atoms with van der Waals surface area (Å²) in [6.07, 6.45) is 0. The van der Waals surface area contributed by atoms with Crippen LogP contribution < -0.4 is 0 Å². The molecule has 0 heterocycles. The molecule has 24 valence electrons. The summed E-state index contributed by atoms with van der Waals surface area (Å²) in [4.78, 5) is 0. The van der Waals surface area contributed by atoms with Crippen LogP contribution in [0.5, 0.6) is 0 Å². The average molecular weight is 106 g/mol. The van der Waals surface area contributed by atoms with Gasteiger partial charge in [0.15, 0.2) is 0 Å². The molecule has 0 spiro atoms. The van der Waals surface area contributed by atoms with Gasteiger partial charge in [0.2, 0.25) is 0 Å². The van der Waals surface area contributed by atoms with Gasteiger partial charge in [-0.1, -0.05) is 0 Å². The Kier molecular flexibility index (Phi) is 200. The van der Waals surface area contributed by atoms with Crippen LogP contribution in [0.15, 0.2) is 0 Å². The third-order valence-electron chi connectivity index (χ3n) is 0. The topological polar surface area (TPSA) is 31.5 Å². The smallest absolute Gasteiger partial charge is 1.00 e. The van der Waals surface area contributed by atoms with Crippen molar-refractivity contribution in [1.29, 1.82) is 0 Å². The zero-order valence-corrected chi connectivity index (χ0v) is 5.95. The molecule has 0 atom stereocenters. The van der Waals surface area contributed by atoms with Gasteiger partial charge in [0.25, 0.3) is 0 Å². The molecular weight excluding hydrogens is 99.4 g/mol. The van der Waals surface area contributed by atoms with Gasteiger partial charge in [0.05, 0.1) is 0 Å². The summed E-state index contributed by atoms with van der Waals surface area (Å²) in [6.45, 7) is 0. The van der Waals surface area contributed by atoms with Gasteiger partial charge < -0.3 is 11.2 Å². The van der Waals surface area contributed by atoms with Gasteiger partial charge in [-0.15, -0.1) is 0 Å². The molecule has 0 saturated heterocycles. The maximum Gasteiger partial charge on any atom is 2.00 e. The zero-order chi connectivity index (χ0) is 0. The fourth-order valence-corrected chi connectivity index (χ4v) is 0.